The van der Waals surface area contributed by atoms with Gasteiger partial charge in [0, 0.05) is 25.6 Å². The number of aromatic nitrogens is 4. The zero-order chi connectivity index (χ0) is 38.4. The highest BCUT2D eigenvalue weighted by Crippen LogP contribution is 2.46. The number of carbonyl (C=O) groups is 4. The zero-order valence-corrected chi connectivity index (χ0v) is 30.0. The summed E-state index contributed by atoms with van der Waals surface area (Å²) in [6.45, 7) is -0.378. The third-order valence-electron chi connectivity index (χ3n) is 10.2. The van der Waals surface area contributed by atoms with Gasteiger partial charge in [0.15, 0.2) is 0 Å². The molecule has 5 unspecified atom stereocenters. The van der Waals surface area contributed by atoms with Crippen LogP contribution in [0.25, 0.3) is 11.0 Å². The second-order valence-corrected chi connectivity index (χ2v) is 16.2. The summed E-state index contributed by atoms with van der Waals surface area (Å²) < 4.78 is 77.7. The number of sulfonamides is 1. The van der Waals surface area contributed by atoms with Crippen molar-refractivity contribution in [3.8, 4) is 5.88 Å². The van der Waals surface area contributed by atoms with Gasteiger partial charge < -0.3 is 20.3 Å². The van der Waals surface area contributed by atoms with E-state index in [9.17, 15) is 40.8 Å². The fraction of sp³-hybridized carbons (Fsp3) is 0.514. The third kappa shape index (κ3) is 7.76. The minimum Gasteiger partial charge on any atom is -0.471 e. The standard InChI is InChI=1S/C35H39F3N8O7S/c1-45-16-15-25(43-45)29(47)40-26-12-6-4-2-3-5-9-20-18-34(20,33(50)44-54(51,52)22-13-14-22)42-30(48)27-17-21(19-46(27)32(26)49)53-31-28(35(36,37)38)39-23-10-7-8-11-24(23)41-31/h5,7-11,15-16,20-22,26-27H,2-4,6,12-14,17-19H2,1H3,(H,40,47)(H,42,48)(H,44,50). The molecule has 5 atom stereocenters. The van der Waals surface area contributed by atoms with E-state index in [0.717, 1.165) is 4.90 Å². The maximum Gasteiger partial charge on any atom is 0.438 e. The molecule has 0 spiro atoms. The number of nitrogens with zero attached hydrogens (tertiary/aromatic N) is 5. The molecule has 2 aliphatic heterocycles. The summed E-state index contributed by atoms with van der Waals surface area (Å²) in [5, 5.41) is 8.83. The normalized spacial score (nSPS) is 26.6. The number of nitrogens with one attached hydrogen (secondary N) is 3. The number of rotatable bonds is 7. The molecule has 3 N–H and O–H groups in total. The van der Waals surface area contributed by atoms with E-state index in [1.165, 1.54) is 28.9 Å². The molecule has 0 radical (unpaired) electrons. The van der Waals surface area contributed by atoms with Crippen molar-refractivity contribution in [2.24, 2.45) is 13.0 Å². The van der Waals surface area contributed by atoms with E-state index in [1.54, 1.807) is 25.4 Å². The van der Waals surface area contributed by atoms with Gasteiger partial charge in [-0.1, -0.05) is 37.1 Å². The minimum atomic E-state index is -4.96. The molecular formula is C35H39F3N8O7S. The van der Waals surface area contributed by atoms with Gasteiger partial charge in [-0.2, -0.15) is 18.3 Å². The molecule has 1 aromatic carbocycles. The van der Waals surface area contributed by atoms with E-state index < -0.39 is 86.3 Å². The maximum atomic E-state index is 14.4. The number of fused-ring (bicyclic) bond motifs is 3. The fourth-order valence-corrected chi connectivity index (χ4v) is 8.39. The summed E-state index contributed by atoms with van der Waals surface area (Å²) in [6, 6.07) is 4.85. The Morgan fingerprint density at radius 3 is 2.46 bits per heavy atom. The molecular weight excluding hydrogens is 733 g/mol. The first-order chi connectivity index (χ1) is 25.6. The number of aryl methyl sites for hydroxylation is 1. The molecule has 3 aromatic rings. The number of amides is 4. The van der Waals surface area contributed by atoms with Crippen molar-refractivity contribution in [1.82, 2.24) is 40.0 Å². The van der Waals surface area contributed by atoms with Gasteiger partial charge in [-0.15, -0.1) is 0 Å². The van der Waals surface area contributed by atoms with Crippen LogP contribution in [-0.2, 0) is 37.6 Å². The lowest BCUT2D eigenvalue weighted by Crippen LogP contribution is -2.58. The average molecular weight is 773 g/mol. The summed E-state index contributed by atoms with van der Waals surface area (Å²) in [4.78, 5) is 64.5. The summed E-state index contributed by atoms with van der Waals surface area (Å²) in [5.41, 5.74) is -2.88. The molecule has 2 aromatic heterocycles. The van der Waals surface area contributed by atoms with E-state index in [-0.39, 0.29) is 42.5 Å². The van der Waals surface area contributed by atoms with E-state index in [0.29, 0.717) is 38.5 Å². The highest BCUT2D eigenvalue weighted by molar-refractivity contribution is 7.91. The van der Waals surface area contributed by atoms with Crippen LogP contribution in [0.1, 0.15) is 74.0 Å². The molecule has 2 aliphatic carbocycles. The smallest absolute Gasteiger partial charge is 0.438 e. The summed E-state index contributed by atoms with van der Waals surface area (Å²) in [7, 11) is -2.36. The van der Waals surface area contributed by atoms with Crippen LogP contribution < -0.4 is 20.1 Å². The number of hydrogen-bond donors (Lipinski definition) is 3. The molecule has 4 amide bonds. The van der Waals surface area contributed by atoms with Gasteiger partial charge in [-0.3, -0.25) is 28.6 Å². The highest BCUT2D eigenvalue weighted by atomic mass is 32.2. The Morgan fingerprint density at radius 1 is 1.04 bits per heavy atom. The van der Waals surface area contributed by atoms with Gasteiger partial charge in [-0.05, 0) is 56.7 Å². The van der Waals surface area contributed by atoms with Gasteiger partial charge in [0.25, 0.3) is 11.8 Å². The monoisotopic (exact) mass is 772 g/mol. The Labute approximate surface area is 308 Å². The average Bonchev–Trinajstić information content (AvgIpc) is 4.01. The van der Waals surface area contributed by atoms with Crippen LogP contribution >= 0.6 is 0 Å². The van der Waals surface area contributed by atoms with Crippen molar-refractivity contribution < 1.29 is 45.5 Å². The Morgan fingerprint density at radius 2 is 1.78 bits per heavy atom. The number of ether oxygens (including phenoxy) is 1. The largest absolute Gasteiger partial charge is 0.471 e. The topological polar surface area (TPSA) is 195 Å². The van der Waals surface area contributed by atoms with Gasteiger partial charge >= 0.3 is 6.18 Å². The Kier molecular flexibility index (Phi) is 9.86. The zero-order valence-electron chi connectivity index (χ0n) is 29.2. The lowest BCUT2D eigenvalue weighted by Gasteiger charge is -2.29. The van der Waals surface area contributed by atoms with E-state index in [4.69, 9.17) is 4.74 Å². The first-order valence-corrected chi connectivity index (χ1v) is 19.4. The lowest BCUT2D eigenvalue weighted by atomic mass is 10.0. The van der Waals surface area contributed by atoms with Crippen molar-refractivity contribution >= 4 is 44.7 Å². The van der Waals surface area contributed by atoms with Gasteiger partial charge in [0.05, 0.1) is 22.8 Å². The van der Waals surface area contributed by atoms with Crippen molar-refractivity contribution in [3.63, 3.8) is 0 Å². The molecule has 0 bridgehead atoms. The second-order valence-electron chi connectivity index (χ2n) is 14.3. The summed E-state index contributed by atoms with van der Waals surface area (Å²) >= 11 is 0. The van der Waals surface area contributed by atoms with E-state index in [1.807, 2.05) is 6.08 Å². The van der Waals surface area contributed by atoms with Crippen LogP contribution in [0.2, 0.25) is 0 Å². The third-order valence-corrected chi connectivity index (χ3v) is 12.0. The molecule has 288 valence electrons. The molecule has 54 heavy (non-hydrogen) atoms. The quantitative estimate of drug-likeness (QED) is 0.301. The van der Waals surface area contributed by atoms with E-state index >= 15 is 0 Å². The summed E-state index contributed by atoms with van der Waals surface area (Å²) in [5.74, 6) is -4.47. The summed E-state index contributed by atoms with van der Waals surface area (Å²) in [6.07, 6.45) is 2.27. The number of allylic oxidation sites excluding steroid dienone is 1. The van der Waals surface area contributed by atoms with Crippen molar-refractivity contribution in [2.75, 3.05) is 6.54 Å². The predicted octanol–water partition coefficient (Wildman–Crippen LogP) is 2.53. The molecule has 7 rings (SSSR count). The first kappa shape index (κ1) is 37.3. The Bertz CT molecular complexity index is 2120. The van der Waals surface area contributed by atoms with Crippen LogP contribution in [0.15, 0.2) is 48.7 Å². The van der Waals surface area contributed by atoms with Crippen LogP contribution in [0.5, 0.6) is 5.88 Å². The van der Waals surface area contributed by atoms with Crippen molar-refractivity contribution in [1.29, 1.82) is 0 Å². The van der Waals surface area contributed by atoms with Crippen LogP contribution in [0.3, 0.4) is 0 Å². The number of alkyl halides is 3. The molecule has 4 aliphatic rings. The minimum absolute atomic E-state index is 0.0161. The van der Waals surface area contributed by atoms with Gasteiger partial charge in [0.1, 0.15) is 29.4 Å². The van der Waals surface area contributed by atoms with Crippen LogP contribution in [0, 0.1) is 5.92 Å². The van der Waals surface area contributed by atoms with Crippen LogP contribution in [-0.4, -0.2) is 92.2 Å². The first-order valence-electron chi connectivity index (χ1n) is 17.8. The van der Waals surface area contributed by atoms with Gasteiger partial charge in [-0.25, -0.2) is 18.4 Å². The maximum absolute atomic E-state index is 14.4. The van der Waals surface area contributed by atoms with Crippen molar-refractivity contribution in [3.05, 3.63) is 60.1 Å². The van der Waals surface area contributed by atoms with E-state index in [2.05, 4.69) is 30.4 Å². The second kappa shape index (κ2) is 14.3. The number of para-hydroxylation sites is 2. The SMILES string of the molecule is Cn1ccc(C(=O)NC2CCCCCC=CC3CC3(C(=O)NS(=O)(=O)C3CC3)NC(=O)C3CC(Oc4nc5ccccc5nc4C(F)(F)F)CN3C2=O)n1. The number of carbonyl (C=O) groups excluding carboxylic acids is 4. The van der Waals surface area contributed by atoms with Crippen molar-refractivity contribution in [2.45, 2.75) is 92.9 Å². The highest BCUT2D eigenvalue weighted by Gasteiger charge is 2.62. The Hall–Kier alpha value is -5.07. The molecule has 1 saturated heterocycles. The van der Waals surface area contributed by atoms with Gasteiger partial charge in [0.2, 0.25) is 33.4 Å². The number of benzene rings is 1. The molecule has 3 fully saturated rings. The molecule has 4 heterocycles. The predicted molar refractivity (Wildman–Crippen MR) is 185 cm³/mol. The lowest BCUT2D eigenvalue weighted by molar-refractivity contribution is -0.143. The molecule has 2 saturated carbocycles. The number of halogens is 3. The number of hydrogen-bond acceptors (Lipinski definition) is 10. The molecule has 19 heteroatoms. The fourth-order valence-electron chi connectivity index (χ4n) is 7.02. The molecule has 15 nitrogen and oxygen atoms in total. The van der Waals surface area contributed by atoms with Crippen LogP contribution in [0.4, 0.5) is 13.2 Å². The Balaban J connectivity index is 1.22.